The van der Waals surface area contributed by atoms with E-state index >= 15 is 0 Å². The Morgan fingerprint density at radius 1 is 1.25 bits per heavy atom. The van der Waals surface area contributed by atoms with Gasteiger partial charge in [0.05, 0.1) is 22.7 Å². The summed E-state index contributed by atoms with van der Waals surface area (Å²) in [4.78, 5) is 32.3. The number of rotatable bonds is 6. The third kappa shape index (κ3) is 4.75. The van der Waals surface area contributed by atoms with Gasteiger partial charge in [0.2, 0.25) is 5.91 Å². The summed E-state index contributed by atoms with van der Waals surface area (Å²) in [6.07, 6.45) is 0.0392. The van der Waals surface area contributed by atoms with Crippen LogP contribution in [0.3, 0.4) is 0 Å². The van der Waals surface area contributed by atoms with E-state index in [-0.39, 0.29) is 12.3 Å². The molecule has 0 saturated heterocycles. The number of carbonyl (C=O) groups is 2. The maximum Gasteiger partial charge on any atom is 0.305 e. The second-order valence-electron chi connectivity index (χ2n) is 6.25. The molecular formula is C15H20N4O3S2. The minimum atomic E-state index is -0.850. The van der Waals surface area contributed by atoms with E-state index in [1.54, 1.807) is 0 Å². The number of carbonyl (C=O) groups excluding carboxylic acids is 1. The Hall–Kier alpha value is -2.00. The van der Waals surface area contributed by atoms with Gasteiger partial charge in [0.25, 0.3) is 0 Å². The first kappa shape index (κ1) is 18.3. The summed E-state index contributed by atoms with van der Waals surface area (Å²) in [7, 11) is 0. The largest absolute Gasteiger partial charge is 0.481 e. The predicted molar refractivity (Wildman–Crippen MR) is 96.8 cm³/mol. The Morgan fingerprint density at radius 2 is 1.96 bits per heavy atom. The molecule has 7 nitrogen and oxygen atoms in total. The van der Waals surface area contributed by atoms with Crippen LogP contribution >= 0.6 is 22.7 Å². The summed E-state index contributed by atoms with van der Waals surface area (Å²) < 4.78 is 0. The van der Waals surface area contributed by atoms with Gasteiger partial charge in [-0.25, -0.2) is 9.97 Å². The molecule has 2 heterocycles. The zero-order valence-corrected chi connectivity index (χ0v) is 15.6. The molecule has 0 aliphatic rings. The zero-order valence-electron chi connectivity index (χ0n) is 14.0. The van der Waals surface area contributed by atoms with Crippen LogP contribution in [0.1, 0.15) is 32.9 Å². The highest BCUT2D eigenvalue weighted by Gasteiger charge is 2.23. The predicted octanol–water partition coefficient (Wildman–Crippen LogP) is 3.45. The molecule has 3 N–H and O–H groups in total. The van der Waals surface area contributed by atoms with E-state index < -0.39 is 11.4 Å². The molecular weight excluding hydrogens is 348 g/mol. The fourth-order valence-corrected chi connectivity index (χ4v) is 3.43. The monoisotopic (exact) mass is 368 g/mol. The Labute approximate surface area is 148 Å². The average molecular weight is 368 g/mol. The molecule has 2 aromatic heterocycles. The molecule has 0 aromatic carbocycles. The number of anilines is 2. The van der Waals surface area contributed by atoms with Gasteiger partial charge < -0.3 is 15.7 Å². The van der Waals surface area contributed by atoms with E-state index in [1.807, 2.05) is 33.1 Å². The SMILES string of the molecule is Cc1nc(NC(=O)C(C)(C)C)sc1-c1csc(NCCC(=O)O)n1. The standard InChI is InChI=1S/C15H20N4O3S2/c1-8-11(24-14(17-8)19-12(22)15(2,3)4)9-7-23-13(18-9)16-6-5-10(20)21/h7H,5-6H2,1-4H3,(H,16,18)(H,20,21)(H,17,19,22). The number of nitrogens with one attached hydrogen (secondary N) is 2. The zero-order chi connectivity index (χ0) is 17.9. The highest BCUT2D eigenvalue weighted by atomic mass is 32.1. The van der Waals surface area contributed by atoms with Crippen LogP contribution in [0.2, 0.25) is 0 Å². The van der Waals surface area contributed by atoms with Gasteiger partial charge in [-0.3, -0.25) is 9.59 Å². The van der Waals surface area contributed by atoms with Gasteiger partial charge in [0, 0.05) is 17.3 Å². The quantitative estimate of drug-likeness (QED) is 0.721. The lowest BCUT2D eigenvalue weighted by molar-refractivity contribution is -0.136. The van der Waals surface area contributed by atoms with Gasteiger partial charge in [-0.2, -0.15) is 0 Å². The number of nitrogens with zero attached hydrogens (tertiary/aromatic N) is 2. The molecule has 0 bridgehead atoms. The molecule has 2 rings (SSSR count). The van der Waals surface area contributed by atoms with Crippen molar-refractivity contribution in [3.05, 3.63) is 11.1 Å². The third-order valence-electron chi connectivity index (χ3n) is 3.05. The highest BCUT2D eigenvalue weighted by Crippen LogP contribution is 2.35. The van der Waals surface area contributed by atoms with Crippen molar-refractivity contribution in [1.82, 2.24) is 9.97 Å². The van der Waals surface area contributed by atoms with Gasteiger partial charge in [0.1, 0.15) is 0 Å². The van der Waals surface area contributed by atoms with E-state index in [1.165, 1.54) is 22.7 Å². The fraction of sp³-hybridized carbons (Fsp3) is 0.467. The van der Waals surface area contributed by atoms with Crippen molar-refractivity contribution < 1.29 is 14.7 Å². The lowest BCUT2D eigenvalue weighted by Gasteiger charge is -2.15. The molecule has 0 spiro atoms. The van der Waals surface area contributed by atoms with Crippen LogP contribution in [-0.4, -0.2) is 33.5 Å². The van der Waals surface area contributed by atoms with Crippen molar-refractivity contribution in [2.45, 2.75) is 34.1 Å². The molecule has 130 valence electrons. The molecule has 0 radical (unpaired) electrons. The Morgan fingerprint density at radius 3 is 2.58 bits per heavy atom. The smallest absolute Gasteiger partial charge is 0.305 e. The first-order valence-corrected chi connectivity index (χ1v) is 9.07. The number of thiazole rings is 2. The lowest BCUT2D eigenvalue weighted by Crippen LogP contribution is -2.27. The van der Waals surface area contributed by atoms with Crippen LogP contribution < -0.4 is 10.6 Å². The van der Waals surface area contributed by atoms with E-state index in [9.17, 15) is 9.59 Å². The van der Waals surface area contributed by atoms with Crippen molar-refractivity contribution in [1.29, 1.82) is 0 Å². The molecule has 9 heteroatoms. The summed E-state index contributed by atoms with van der Waals surface area (Å²) >= 11 is 2.79. The maximum absolute atomic E-state index is 12.1. The fourth-order valence-electron chi connectivity index (χ4n) is 1.71. The minimum Gasteiger partial charge on any atom is -0.481 e. The number of hydrogen-bond donors (Lipinski definition) is 3. The summed E-state index contributed by atoms with van der Waals surface area (Å²) in [5.74, 6) is -0.936. The highest BCUT2D eigenvalue weighted by molar-refractivity contribution is 7.19. The van der Waals surface area contributed by atoms with Gasteiger partial charge in [-0.1, -0.05) is 32.1 Å². The second kappa shape index (κ2) is 7.27. The maximum atomic E-state index is 12.1. The van der Waals surface area contributed by atoms with Crippen LogP contribution in [0.5, 0.6) is 0 Å². The van der Waals surface area contributed by atoms with Crippen molar-refractivity contribution >= 4 is 44.8 Å². The number of carboxylic acids is 1. The van der Waals surface area contributed by atoms with Crippen LogP contribution in [0, 0.1) is 12.3 Å². The summed E-state index contributed by atoms with van der Waals surface area (Å²) in [5.41, 5.74) is 1.08. The number of carboxylic acid groups (broad SMARTS) is 1. The van der Waals surface area contributed by atoms with Gasteiger partial charge in [0.15, 0.2) is 10.3 Å². The summed E-state index contributed by atoms with van der Waals surface area (Å²) in [5, 5.41) is 17.6. The normalized spacial score (nSPS) is 11.3. The Kier molecular flexibility index (Phi) is 5.55. The number of hydrogen-bond acceptors (Lipinski definition) is 7. The van der Waals surface area contributed by atoms with Crippen LogP contribution in [0.25, 0.3) is 10.6 Å². The van der Waals surface area contributed by atoms with Gasteiger partial charge >= 0.3 is 5.97 Å². The van der Waals surface area contributed by atoms with E-state index in [0.717, 1.165) is 16.3 Å². The number of aromatic nitrogens is 2. The molecule has 0 aliphatic heterocycles. The van der Waals surface area contributed by atoms with E-state index in [2.05, 4.69) is 20.6 Å². The van der Waals surface area contributed by atoms with E-state index in [0.29, 0.717) is 16.8 Å². The molecule has 2 aromatic rings. The molecule has 0 saturated carbocycles. The van der Waals surface area contributed by atoms with Crippen LogP contribution in [0.4, 0.5) is 10.3 Å². The topological polar surface area (TPSA) is 104 Å². The third-order valence-corrected chi connectivity index (χ3v) is 4.95. The first-order valence-electron chi connectivity index (χ1n) is 7.37. The Balaban J connectivity index is 2.09. The molecule has 1 amide bonds. The molecule has 0 fully saturated rings. The van der Waals surface area contributed by atoms with Gasteiger partial charge in [-0.15, -0.1) is 11.3 Å². The summed E-state index contributed by atoms with van der Waals surface area (Å²) in [6.45, 7) is 7.74. The minimum absolute atomic E-state index is 0.0392. The van der Waals surface area contributed by atoms with Crippen LogP contribution in [-0.2, 0) is 9.59 Å². The molecule has 0 atom stereocenters. The average Bonchev–Trinajstić information content (AvgIpc) is 3.04. The Bertz CT molecular complexity index is 746. The van der Waals surface area contributed by atoms with Gasteiger partial charge in [-0.05, 0) is 6.92 Å². The molecule has 0 unspecified atom stereocenters. The number of amides is 1. The van der Waals surface area contributed by atoms with Crippen molar-refractivity contribution in [3.63, 3.8) is 0 Å². The summed E-state index contributed by atoms with van der Waals surface area (Å²) in [6, 6.07) is 0. The van der Waals surface area contributed by atoms with Crippen LogP contribution in [0.15, 0.2) is 5.38 Å². The van der Waals surface area contributed by atoms with E-state index in [4.69, 9.17) is 5.11 Å². The first-order chi connectivity index (χ1) is 11.2. The van der Waals surface area contributed by atoms with Crippen molar-refractivity contribution in [3.8, 4) is 10.6 Å². The number of aryl methyl sites for hydroxylation is 1. The van der Waals surface area contributed by atoms with Crippen molar-refractivity contribution in [2.24, 2.45) is 5.41 Å². The number of aliphatic carboxylic acids is 1. The van der Waals surface area contributed by atoms with Crippen molar-refractivity contribution in [2.75, 3.05) is 17.2 Å². The molecule has 0 aliphatic carbocycles. The lowest BCUT2D eigenvalue weighted by atomic mass is 9.96. The molecule has 24 heavy (non-hydrogen) atoms. The second-order valence-corrected chi connectivity index (χ2v) is 8.10.